The van der Waals surface area contributed by atoms with Gasteiger partial charge in [0.05, 0.1) is 11.8 Å². The zero-order chi connectivity index (χ0) is 10.6. The predicted octanol–water partition coefficient (Wildman–Crippen LogP) is 2.33. The molecule has 0 saturated heterocycles. The van der Waals surface area contributed by atoms with E-state index in [0.29, 0.717) is 6.54 Å². The Labute approximate surface area is 89.2 Å². The van der Waals surface area contributed by atoms with Crippen LogP contribution < -0.4 is 5.32 Å². The van der Waals surface area contributed by atoms with Crippen LogP contribution in [0, 0.1) is 13.8 Å². The third-order valence-electron chi connectivity index (χ3n) is 2.14. The van der Waals surface area contributed by atoms with Crippen molar-refractivity contribution in [3.8, 4) is 0 Å². The molecule has 4 heteroatoms. The Morgan fingerprint density at radius 2 is 2.21 bits per heavy atom. The summed E-state index contributed by atoms with van der Waals surface area (Å²) in [6.07, 6.45) is 1.60. The maximum atomic E-state index is 9.50. The minimum atomic E-state index is -0.260. The summed E-state index contributed by atoms with van der Waals surface area (Å²) in [4.78, 5) is 5.57. The number of nitrogens with one attached hydrogen (secondary N) is 1. The second-order valence-corrected chi connectivity index (χ2v) is 4.69. The number of aryl methyl sites for hydroxylation is 2. The van der Waals surface area contributed by atoms with Gasteiger partial charge in [-0.25, -0.2) is 4.98 Å². The number of rotatable bonds is 5. The highest BCUT2D eigenvalue weighted by atomic mass is 32.1. The van der Waals surface area contributed by atoms with Gasteiger partial charge < -0.3 is 10.4 Å². The first kappa shape index (κ1) is 11.5. The zero-order valence-electron chi connectivity index (χ0n) is 9.00. The maximum Gasteiger partial charge on any atom is 0.183 e. The quantitative estimate of drug-likeness (QED) is 0.790. The van der Waals surface area contributed by atoms with Crippen molar-refractivity contribution < 1.29 is 5.11 Å². The van der Waals surface area contributed by atoms with E-state index in [1.807, 2.05) is 6.92 Å². The largest absolute Gasteiger partial charge is 0.391 e. The Kier molecular flexibility index (Phi) is 4.35. The molecule has 14 heavy (non-hydrogen) atoms. The molecule has 0 aliphatic rings. The van der Waals surface area contributed by atoms with Crippen LogP contribution in [0.1, 0.15) is 30.3 Å². The van der Waals surface area contributed by atoms with Crippen LogP contribution in [0.3, 0.4) is 0 Å². The lowest BCUT2D eigenvalue weighted by Crippen LogP contribution is -2.18. The van der Waals surface area contributed by atoms with Gasteiger partial charge in [0.1, 0.15) is 0 Å². The van der Waals surface area contributed by atoms with Crippen LogP contribution in [0.15, 0.2) is 0 Å². The number of thiazole rings is 1. The molecule has 0 aliphatic carbocycles. The van der Waals surface area contributed by atoms with Gasteiger partial charge in [-0.15, -0.1) is 11.3 Å². The number of aromatic nitrogens is 1. The van der Waals surface area contributed by atoms with Crippen LogP contribution in [-0.2, 0) is 0 Å². The smallest absolute Gasteiger partial charge is 0.183 e. The molecule has 1 rings (SSSR count). The first-order valence-electron chi connectivity index (χ1n) is 4.99. The van der Waals surface area contributed by atoms with Crippen molar-refractivity contribution in [3.63, 3.8) is 0 Å². The Bertz CT molecular complexity index is 266. The summed E-state index contributed by atoms with van der Waals surface area (Å²) in [5.74, 6) is 0. The molecule has 80 valence electrons. The number of nitrogens with zero attached hydrogens (tertiary/aromatic N) is 1. The average molecular weight is 214 g/mol. The lowest BCUT2D eigenvalue weighted by atomic mass is 10.2. The molecule has 1 aromatic rings. The third-order valence-corrected chi connectivity index (χ3v) is 3.17. The van der Waals surface area contributed by atoms with Crippen LogP contribution in [0.2, 0.25) is 0 Å². The Balaban J connectivity index is 2.38. The van der Waals surface area contributed by atoms with Crippen molar-refractivity contribution in [3.05, 3.63) is 10.6 Å². The molecule has 0 spiro atoms. The normalized spacial score (nSPS) is 12.9. The minimum absolute atomic E-state index is 0.260. The number of anilines is 1. The van der Waals surface area contributed by atoms with Gasteiger partial charge in [0.2, 0.25) is 0 Å². The average Bonchev–Trinajstić information content (AvgIpc) is 2.44. The number of hydrogen-bond donors (Lipinski definition) is 2. The molecular weight excluding hydrogens is 196 g/mol. The van der Waals surface area contributed by atoms with Gasteiger partial charge >= 0.3 is 0 Å². The topological polar surface area (TPSA) is 45.1 Å². The fourth-order valence-electron chi connectivity index (χ4n) is 1.19. The molecule has 0 aromatic carbocycles. The predicted molar refractivity (Wildman–Crippen MR) is 61.0 cm³/mol. The lowest BCUT2D eigenvalue weighted by Gasteiger charge is -2.08. The van der Waals surface area contributed by atoms with Crippen molar-refractivity contribution in [2.24, 2.45) is 0 Å². The molecule has 0 radical (unpaired) electrons. The Hall–Kier alpha value is -0.610. The molecule has 0 bridgehead atoms. The highest BCUT2D eigenvalue weighted by Crippen LogP contribution is 2.20. The van der Waals surface area contributed by atoms with E-state index in [9.17, 15) is 5.11 Å². The molecule has 0 amide bonds. The van der Waals surface area contributed by atoms with Crippen molar-refractivity contribution in [1.29, 1.82) is 0 Å². The molecule has 1 aromatic heterocycles. The van der Waals surface area contributed by atoms with E-state index in [1.165, 1.54) is 4.88 Å². The number of aliphatic hydroxyl groups excluding tert-OH is 1. The summed E-state index contributed by atoms with van der Waals surface area (Å²) >= 11 is 1.64. The molecule has 0 aliphatic heterocycles. The molecule has 2 N–H and O–H groups in total. The standard InChI is InChI=1S/C10H18N2OS/c1-4-5-9(13)6-11-10-12-7(2)8(3)14-10/h9,13H,4-6H2,1-3H3,(H,11,12). The summed E-state index contributed by atoms with van der Waals surface area (Å²) in [6, 6.07) is 0. The van der Waals surface area contributed by atoms with Gasteiger partial charge in [-0.3, -0.25) is 0 Å². The van der Waals surface area contributed by atoms with E-state index in [-0.39, 0.29) is 6.10 Å². The second kappa shape index (κ2) is 5.32. The lowest BCUT2D eigenvalue weighted by molar-refractivity contribution is 0.176. The number of aliphatic hydroxyl groups is 1. The molecule has 1 atom stereocenters. The van der Waals surface area contributed by atoms with Crippen molar-refractivity contribution in [2.75, 3.05) is 11.9 Å². The molecule has 3 nitrogen and oxygen atoms in total. The van der Waals surface area contributed by atoms with Crippen molar-refractivity contribution >= 4 is 16.5 Å². The SMILES string of the molecule is CCCC(O)CNc1nc(C)c(C)s1. The number of hydrogen-bond acceptors (Lipinski definition) is 4. The maximum absolute atomic E-state index is 9.50. The van der Waals surface area contributed by atoms with E-state index in [2.05, 4.69) is 24.1 Å². The van der Waals surface area contributed by atoms with Crippen LogP contribution in [0.4, 0.5) is 5.13 Å². The second-order valence-electron chi connectivity index (χ2n) is 3.48. The van der Waals surface area contributed by atoms with E-state index in [0.717, 1.165) is 23.7 Å². The van der Waals surface area contributed by atoms with Gasteiger partial charge in [-0.2, -0.15) is 0 Å². The monoisotopic (exact) mass is 214 g/mol. The summed E-state index contributed by atoms with van der Waals surface area (Å²) in [6.45, 7) is 6.72. The third kappa shape index (κ3) is 3.27. The summed E-state index contributed by atoms with van der Waals surface area (Å²) in [5.41, 5.74) is 1.07. The van der Waals surface area contributed by atoms with Crippen LogP contribution >= 0.6 is 11.3 Å². The first-order chi connectivity index (χ1) is 6.63. The van der Waals surface area contributed by atoms with Crippen LogP contribution in [-0.4, -0.2) is 22.7 Å². The van der Waals surface area contributed by atoms with E-state index < -0.39 is 0 Å². The molecule has 1 unspecified atom stereocenters. The summed E-state index contributed by atoms with van der Waals surface area (Å²) in [5, 5.41) is 13.6. The summed E-state index contributed by atoms with van der Waals surface area (Å²) in [7, 11) is 0. The Morgan fingerprint density at radius 1 is 1.50 bits per heavy atom. The highest BCUT2D eigenvalue weighted by Gasteiger charge is 2.05. The molecular formula is C10H18N2OS. The van der Waals surface area contributed by atoms with Crippen LogP contribution in [0.5, 0.6) is 0 Å². The summed E-state index contributed by atoms with van der Waals surface area (Å²) < 4.78 is 0. The molecule has 1 heterocycles. The van der Waals surface area contributed by atoms with Crippen molar-refractivity contribution in [2.45, 2.75) is 39.7 Å². The fourth-order valence-corrected chi connectivity index (χ4v) is 2.01. The first-order valence-corrected chi connectivity index (χ1v) is 5.81. The van der Waals surface area contributed by atoms with E-state index >= 15 is 0 Å². The fraction of sp³-hybridized carbons (Fsp3) is 0.700. The van der Waals surface area contributed by atoms with Gasteiger partial charge in [0.15, 0.2) is 5.13 Å². The Morgan fingerprint density at radius 3 is 2.71 bits per heavy atom. The van der Waals surface area contributed by atoms with Gasteiger partial charge in [-0.05, 0) is 20.3 Å². The molecule has 0 saturated carbocycles. The highest BCUT2D eigenvalue weighted by molar-refractivity contribution is 7.15. The van der Waals surface area contributed by atoms with E-state index in [4.69, 9.17) is 0 Å². The van der Waals surface area contributed by atoms with Gasteiger partial charge in [-0.1, -0.05) is 13.3 Å². The van der Waals surface area contributed by atoms with Crippen LogP contribution in [0.25, 0.3) is 0 Å². The zero-order valence-corrected chi connectivity index (χ0v) is 9.82. The van der Waals surface area contributed by atoms with Gasteiger partial charge in [0.25, 0.3) is 0 Å². The van der Waals surface area contributed by atoms with Crippen molar-refractivity contribution in [1.82, 2.24) is 4.98 Å². The molecule has 0 fully saturated rings. The van der Waals surface area contributed by atoms with E-state index in [1.54, 1.807) is 11.3 Å². The van der Waals surface area contributed by atoms with Gasteiger partial charge in [0, 0.05) is 11.4 Å². The minimum Gasteiger partial charge on any atom is -0.391 e.